The Balaban J connectivity index is 2.27. The highest BCUT2D eigenvalue weighted by Crippen LogP contribution is 1.99. The molecule has 0 bridgehead atoms. The van der Waals surface area contributed by atoms with Crippen molar-refractivity contribution in [3.05, 3.63) is 32.6 Å². The maximum Gasteiger partial charge on any atom is 0.330 e. The molecule has 1 saturated heterocycles. The first-order valence-corrected chi connectivity index (χ1v) is 5.78. The van der Waals surface area contributed by atoms with Crippen molar-refractivity contribution in [3.63, 3.8) is 0 Å². The van der Waals surface area contributed by atoms with Crippen LogP contribution >= 0.6 is 0 Å². The van der Waals surface area contributed by atoms with Crippen LogP contribution in [-0.2, 0) is 20.6 Å². The molecule has 6 heteroatoms. The highest BCUT2D eigenvalue weighted by Gasteiger charge is 2.13. The van der Waals surface area contributed by atoms with E-state index in [1.807, 2.05) is 0 Å². The van der Waals surface area contributed by atoms with E-state index in [9.17, 15) is 9.59 Å². The molecule has 0 unspecified atom stereocenters. The van der Waals surface area contributed by atoms with Crippen LogP contribution in [0.3, 0.4) is 0 Å². The lowest BCUT2D eigenvalue weighted by Crippen LogP contribution is -2.45. The van der Waals surface area contributed by atoms with Gasteiger partial charge in [-0.2, -0.15) is 0 Å². The number of rotatable bonds is 2. The maximum absolute atomic E-state index is 11.9. The zero-order chi connectivity index (χ0) is 12.4. The minimum absolute atomic E-state index is 0.188. The third-order valence-electron chi connectivity index (χ3n) is 3.12. The van der Waals surface area contributed by atoms with Crippen LogP contribution in [0.25, 0.3) is 0 Å². The lowest BCUT2D eigenvalue weighted by atomic mass is 10.2. The molecule has 2 rings (SSSR count). The summed E-state index contributed by atoms with van der Waals surface area (Å²) in [5.74, 6) is 0. The normalized spacial score (nSPS) is 17.3. The zero-order valence-corrected chi connectivity index (χ0v) is 10.3. The van der Waals surface area contributed by atoms with Crippen LogP contribution in [0.5, 0.6) is 0 Å². The van der Waals surface area contributed by atoms with E-state index < -0.39 is 0 Å². The fraction of sp³-hybridized carbons (Fsp3) is 0.636. The van der Waals surface area contributed by atoms with Gasteiger partial charge < -0.3 is 9.88 Å². The molecule has 1 aromatic rings. The summed E-state index contributed by atoms with van der Waals surface area (Å²) < 4.78 is 2.62. The Kier molecular flexibility index (Phi) is 3.44. The summed E-state index contributed by atoms with van der Waals surface area (Å²) in [6.07, 6.45) is 1.65. The molecule has 6 nitrogen and oxygen atoms in total. The summed E-state index contributed by atoms with van der Waals surface area (Å²) in [5, 5.41) is 3.27. The molecule has 0 atom stereocenters. The van der Waals surface area contributed by atoms with Crippen LogP contribution in [0.1, 0.15) is 5.56 Å². The Bertz CT molecular complexity index is 511. The van der Waals surface area contributed by atoms with Gasteiger partial charge in [0.05, 0.1) is 0 Å². The van der Waals surface area contributed by atoms with Crippen molar-refractivity contribution < 1.29 is 0 Å². The lowest BCUT2D eigenvalue weighted by molar-refractivity contribution is 0.231. The van der Waals surface area contributed by atoms with E-state index in [-0.39, 0.29) is 11.2 Å². The first kappa shape index (κ1) is 12.1. The number of hydrogen-bond acceptors (Lipinski definition) is 4. The Labute approximate surface area is 99.5 Å². The number of aromatic nitrogens is 2. The zero-order valence-electron chi connectivity index (χ0n) is 10.3. The van der Waals surface area contributed by atoms with Crippen molar-refractivity contribution in [2.75, 3.05) is 26.2 Å². The van der Waals surface area contributed by atoms with Crippen molar-refractivity contribution in [1.82, 2.24) is 19.4 Å². The molecule has 0 aliphatic carbocycles. The number of hydrogen-bond donors (Lipinski definition) is 1. The van der Waals surface area contributed by atoms with Crippen molar-refractivity contribution in [3.8, 4) is 0 Å². The minimum atomic E-state index is -0.279. The van der Waals surface area contributed by atoms with Crippen LogP contribution in [0.15, 0.2) is 15.8 Å². The van der Waals surface area contributed by atoms with Gasteiger partial charge in [-0.15, -0.1) is 0 Å². The number of nitrogens with zero attached hydrogens (tertiary/aromatic N) is 3. The molecule has 0 radical (unpaired) electrons. The Morgan fingerprint density at radius 3 is 2.53 bits per heavy atom. The molecular weight excluding hydrogens is 220 g/mol. The first-order valence-electron chi connectivity index (χ1n) is 5.78. The van der Waals surface area contributed by atoms with Crippen LogP contribution < -0.4 is 16.6 Å². The quantitative estimate of drug-likeness (QED) is 0.680. The van der Waals surface area contributed by atoms with Gasteiger partial charge in [-0.05, 0) is 0 Å². The predicted octanol–water partition coefficient (Wildman–Crippen LogP) is -1.51. The second-order valence-electron chi connectivity index (χ2n) is 4.44. The van der Waals surface area contributed by atoms with Gasteiger partial charge in [-0.3, -0.25) is 14.3 Å². The SMILES string of the molecule is Cn1cc(CN2CCNCC2)c(=O)n(C)c1=O. The molecule has 17 heavy (non-hydrogen) atoms. The summed E-state index contributed by atoms with van der Waals surface area (Å²) in [6, 6.07) is 0. The van der Waals surface area contributed by atoms with Gasteiger partial charge in [-0.25, -0.2) is 4.79 Å². The van der Waals surface area contributed by atoms with Gasteiger partial charge >= 0.3 is 5.69 Å². The molecule has 0 amide bonds. The second kappa shape index (κ2) is 4.85. The molecule has 0 saturated carbocycles. The van der Waals surface area contributed by atoms with Crippen molar-refractivity contribution in [2.24, 2.45) is 14.1 Å². The maximum atomic E-state index is 11.9. The Morgan fingerprint density at radius 1 is 1.24 bits per heavy atom. The number of piperazine rings is 1. The number of aryl methyl sites for hydroxylation is 1. The van der Waals surface area contributed by atoms with Crippen LogP contribution in [0, 0.1) is 0 Å². The van der Waals surface area contributed by atoms with Crippen LogP contribution in [0.2, 0.25) is 0 Å². The summed E-state index contributed by atoms with van der Waals surface area (Å²) in [6.45, 7) is 4.39. The smallest absolute Gasteiger partial charge is 0.314 e. The Hall–Kier alpha value is -1.40. The van der Waals surface area contributed by atoms with E-state index in [1.165, 1.54) is 11.6 Å². The molecule has 0 spiro atoms. The third kappa shape index (κ3) is 2.48. The first-order chi connectivity index (χ1) is 8.09. The average molecular weight is 238 g/mol. The van der Waals surface area contributed by atoms with Gasteiger partial charge in [0.15, 0.2) is 0 Å². The fourth-order valence-electron chi connectivity index (χ4n) is 2.10. The highest BCUT2D eigenvalue weighted by atomic mass is 16.2. The average Bonchev–Trinajstić information content (AvgIpc) is 2.35. The molecule has 2 heterocycles. The topological polar surface area (TPSA) is 59.3 Å². The van der Waals surface area contributed by atoms with E-state index in [2.05, 4.69) is 10.2 Å². The van der Waals surface area contributed by atoms with E-state index in [0.717, 1.165) is 30.7 Å². The summed E-state index contributed by atoms with van der Waals surface area (Å²) in [7, 11) is 3.19. The molecule has 1 aliphatic heterocycles. The minimum Gasteiger partial charge on any atom is -0.314 e. The largest absolute Gasteiger partial charge is 0.330 e. The van der Waals surface area contributed by atoms with E-state index in [0.29, 0.717) is 12.1 Å². The van der Waals surface area contributed by atoms with Crippen molar-refractivity contribution in [1.29, 1.82) is 0 Å². The highest BCUT2D eigenvalue weighted by molar-refractivity contribution is 5.05. The molecule has 94 valence electrons. The van der Waals surface area contributed by atoms with Gasteiger partial charge in [0, 0.05) is 58.6 Å². The van der Waals surface area contributed by atoms with E-state index in [1.54, 1.807) is 13.2 Å². The van der Waals surface area contributed by atoms with Crippen molar-refractivity contribution in [2.45, 2.75) is 6.54 Å². The predicted molar refractivity (Wildman–Crippen MR) is 65.1 cm³/mol. The molecule has 1 N–H and O–H groups in total. The van der Waals surface area contributed by atoms with Crippen molar-refractivity contribution >= 4 is 0 Å². The van der Waals surface area contributed by atoms with E-state index >= 15 is 0 Å². The van der Waals surface area contributed by atoms with Gasteiger partial charge in [0.1, 0.15) is 0 Å². The summed E-state index contributed by atoms with van der Waals surface area (Å²) in [5.41, 5.74) is 0.210. The molecule has 1 aromatic heterocycles. The molecule has 1 aliphatic rings. The number of nitrogens with one attached hydrogen (secondary N) is 1. The van der Waals surface area contributed by atoms with E-state index in [4.69, 9.17) is 0 Å². The van der Waals surface area contributed by atoms with Gasteiger partial charge in [0.2, 0.25) is 0 Å². The van der Waals surface area contributed by atoms with Gasteiger partial charge in [0.25, 0.3) is 5.56 Å². The van der Waals surface area contributed by atoms with Crippen LogP contribution in [0.4, 0.5) is 0 Å². The standard InChI is InChI=1S/C11H18N4O2/c1-13-7-9(10(16)14(2)11(13)17)8-15-5-3-12-4-6-15/h7,12H,3-6,8H2,1-2H3. The van der Waals surface area contributed by atoms with Gasteiger partial charge in [-0.1, -0.05) is 0 Å². The third-order valence-corrected chi connectivity index (χ3v) is 3.12. The lowest BCUT2D eigenvalue weighted by Gasteiger charge is -2.27. The summed E-state index contributed by atoms with van der Waals surface area (Å²) >= 11 is 0. The molecule has 1 fully saturated rings. The summed E-state index contributed by atoms with van der Waals surface area (Å²) in [4.78, 5) is 25.7. The Morgan fingerprint density at radius 2 is 1.88 bits per heavy atom. The molecular formula is C11H18N4O2. The monoisotopic (exact) mass is 238 g/mol. The second-order valence-corrected chi connectivity index (χ2v) is 4.44. The van der Waals surface area contributed by atoms with Crippen LogP contribution in [-0.4, -0.2) is 40.2 Å². The fourth-order valence-corrected chi connectivity index (χ4v) is 2.10. The molecule has 0 aromatic carbocycles.